The van der Waals surface area contributed by atoms with Crippen LogP contribution in [-0.2, 0) is 4.79 Å². The molecule has 1 aromatic rings. The number of aliphatic carboxylic acids is 1. The first-order valence-electron chi connectivity index (χ1n) is 5.60. The quantitative estimate of drug-likeness (QED) is 0.779. The first-order valence-corrected chi connectivity index (χ1v) is 5.98. The normalized spacial score (nSPS) is 11.7. The minimum atomic E-state index is -0.935. The van der Waals surface area contributed by atoms with Crippen molar-refractivity contribution in [3.8, 4) is 0 Å². The monoisotopic (exact) mass is 288 g/mol. The summed E-state index contributed by atoms with van der Waals surface area (Å²) in [5.74, 6) is -1.86. The average Bonchev–Trinajstić information content (AvgIpc) is 2.32. The first kappa shape index (κ1) is 15.2. The number of hydrogen-bond acceptors (Lipinski definition) is 2. The number of halogens is 2. The van der Waals surface area contributed by atoms with Gasteiger partial charge in [0.1, 0.15) is 0 Å². The van der Waals surface area contributed by atoms with Crippen molar-refractivity contribution in [1.82, 2.24) is 5.32 Å². The summed E-state index contributed by atoms with van der Waals surface area (Å²) in [7, 11) is 0. The molecule has 7 heteroatoms. The maximum absolute atomic E-state index is 13.5. The summed E-state index contributed by atoms with van der Waals surface area (Å²) in [5.41, 5.74) is -0.0316. The van der Waals surface area contributed by atoms with Crippen LogP contribution in [0.15, 0.2) is 18.2 Å². The van der Waals surface area contributed by atoms with Crippen LogP contribution in [0, 0.1) is 11.7 Å². The summed E-state index contributed by atoms with van der Waals surface area (Å²) in [4.78, 5) is 21.9. The Labute approximate surface area is 114 Å². The first-order chi connectivity index (χ1) is 8.90. The Balaban J connectivity index is 2.47. The molecule has 0 saturated heterocycles. The van der Waals surface area contributed by atoms with Crippen molar-refractivity contribution in [3.63, 3.8) is 0 Å². The third kappa shape index (κ3) is 5.13. The van der Waals surface area contributed by atoms with Crippen LogP contribution < -0.4 is 10.6 Å². The largest absolute Gasteiger partial charge is 0.481 e. The Bertz CT molecular complexity index is 482. The molecule has 0 aromatic heterocycles. The van der Waals surface area contributed by atoms with E-state index in [-0.39, 0.29) is 29.6 Å². The topological polar surface area (TPSA) is 78.4 Å². The third-order valence-corrected chi connectivity index (χ3v) is 2.63. The predicted octanol–water partition coefficient (Wildman–Crippen LogP) is 2.71. The number of carboxylic acids is 1. The van der Waals surface area contributed by atoms with E-state index in [4.69, 9.17) is 16.7 Å². The van der Waals surface area contributed by atoms with Crippen molar-refractivity contribution in [2.75, 3.05) is 11.9 Å². The minimum absolute atomic E-state index is 0.0316. The maximum atomic E-state index is 13.5. The van der Waals surface area contributed by atoms with Crippen LogP contribution >= 0.6 is 11.6 Å². The Morgan fingerprint density at radius 2 is 2.16 bits per heavy atom. The number of hydrogen-bond donors (Lipinski definition) is 3. The molecule has 104 valence electrons. The summed E-state index contributed by atoms with van der Waals surface area (Å²) in [6.07, 6.45) is -0.0498. The van der Waals surface area contributed by atoms with Gasteiger partial charge in [-0.25, -0.2) is 9.18 Å². The zero-order valence-corrected chi connectivity index (χ0v) is 11.0. The second-order valence-corrected chi connectivity index (χ2v) is 4.55. The fourth-order valence-electron chi connectivity index (χ4n) is 1.40. The lowest BCUT2D eigenvalue weighted by Crippen LogP contribution is -2.33. The molecule has 3 N–H and O–H groups in total. The molecule has 0 aliphatic heterocycles. The highest BCUT2D eigenvalue weighted by molar-refractivity contribution is 6.31. The van der Waals surface area contributed by atoms with Crippen molar-refractivity contribution >= 4 is 29.3 Å². The van der Waals surface area contributed by atoms with E-state index in [2.05, 4.69) is 10.6 Å². The second-order valence-electron chi connectivity index (χ2n) is 4.14. The van der Waals surface area contributed by atoms with E-state index in [0.29, 0.717) is 0 Å². The fraction of sp³-hybridized carbons (Fsp3) is 0.333. The molecule has 0 heterocycles. The number of carbonyl (C=O) groups is 2. The standard InChI is InChI=1S/C12H14ClFN2O3/c1-7(5-10(17)18)6-15-12(19)16-9-4-2-3-8(13)11(9)14/h2-4,7H,5-6H2,1H3,(H,17,18)(H2,15,16,19). The molecular formula is C12H14ClFN2O3. The molecular weight excluding hydrogens is 275 g/mol. The van der Waals surface area contributed by atoms with Crippen LogP contribution in [0.5, 0.6) is 0 Å². The van der Waals surface area contributed by atoms with Gasteiger partial charge in [0.15, 0.2) is 5.82 Å². The minimum Gasteiger partial charge on any atom is -0.481 e. The van der Waals surface area contributed by atoms with E-state index in [0.717, 1.165) is 0 Å². The van der Waals surface area contributed by atoms with Gasteiger partial charge in [-0.2, -0.15) is 0 Å². The Kier molecular flexibility index (Phi) is 5.57. The smallest absolute Gasteiger partial charge is 0.319 e. The molecule has 1 atom stereocenters. The number of carboxylic acid groups (broad SMARTS) is 1. The van der Waals surface area contributed by atoms with Gasteiger partial charge in [0, 0.05) is 13.0 Å². The van der Waals surface area contributed by atoms with Crippen LogP contribution in [-0.4, -0.2) is 23.7 Å². The van der Waals surface area contributed by atoms with Crippen molar-refractivity contribution in [1.29, 1.82) is 0 Å². The molecule has 0 bridgehead atoms. The van der Waals surface area contributed by atoms with Crippen LogP contribution in [0.25, 0.3) is 0 Å². The maximum Gasteiger partial charge on any atom is 0.319 e. The summed E-state index contributed by atoms with van der Waals surface area (Å²) >= 11 is 5.57. The third-order valence-electron chi connectivity index (χ3n) is 2.33. The van der Waals surface area contributed by atoms with E-state index in [1.165, 1.54) is 18.2 Å². The van der Waals surface area contributed by atoms with Crippen molar-refractivity contribution in [3.05, 3.63) is 29.0 Å². The highest BCUT2D eigenvalue weighted by atomic mass is 35.5. The Morgan fingerprint density at radius 1 is 1.47 bits per heavy atom. The molecule has 0 saturated carbocycles. The van der Waals surface area contributed by atoms with Gasteiger partial charge in [0.2, 0.25) is 0 Å². The molecule has 5 nitrogen and oxygen atoms in total. The zero-order chi connectivity index (χ0) is 14.4. The molecule has 1 unspecified atom stereocenters. The lowest BCUT2D eigenvalue weighted by molar-refractivity contribution is -0.137. The SMILES string of the molecule is CC(CNC(=O)Nc1cccc(Cl)c1F)CC(=O)O. The number of nitrogens with one attached hydrogen (secondary N) is 2. The molecule has 1 aromatic carbocycles. The summed E-state index contributed by atoms with van der Waals surface area (Å²) in [6, 6.07) is 3.64. The number of carbonyl (C=O) groups excluding carboxylic acids is 1. The number of benzene rings is 1. The molecule has 0 fully saturated rings. The molecule has 0 radical (unpaired) electrons. The predicted molar refractivity (Wildman–Crippen MR) is 69.8 cm³/mol. The fourth-order valence-corrected chi connectivity index (χ4v) is 1.58. The lowest BCUT2D eigenvalue weighted by Gasteiger charge is -2.12. The van der Waals surface area contributed by atoms with Gasteiger partial charge in [-0.1, -0.05) is 24.6 Å². The molecule has 19 heavy (non-hydrogen) atoms. The van der Waals surface area contributed by atoms with Gasteiger partial charge < -0.3 is 15.7 Å². The summed E-state index contributed by atoms with van der Waals surface area (Å²) in [6.45, 7) is 1.87. The van der Waals surface area contributed by atoms with E-state index in [1.54, 1.807) is 6.92 Å². The molecule has 0 aliphatic carbocycles. The van der Waals surface area contributed by atoms with E-state index < -0.39 is 17.8 Å². The van der Waals surface area contributed by atoms with Crippen LogP contribution in [0.3, 0.4) is 0 Å². The highest BCUT2D eigenvalue weighted by Gasteiger charge is 2.11. The van der Waals surface area contributed by atoms with Crippen LogP contribution in [0.4, 0.5) is 14.9 Å². The van der Waals surface area contributed by atoms with E-state index in [1.807, 2.05) is 0 Å². The van der Waals surface area contributed by atoms with Gasteiger partial charge >= 0.3 is 12.0 Å². The Morgan fingerprint density at radius 3 is 2.79 bits per heavy atom. The van der Waals surface area contributed by atoms with E-state index in [9.17, 15) is 14.0 Å². The lowest BCUT2D eigenvalue weighted by atomic mass is 10.1. The second kappa shape index (κ2) is 6.94. The highest BCUT2D eigenvalue weighted by Crippen LogP contribution is 2.21. The van der Waals surface area contributed by atoms with Crippen LogP contribution in [0.2, 0.25) is 5.02 Å². The van der Waals surface area contributed by atoms with Gasteiger partial charge in [-0.05, 0) is 18.1 Å². The van der Waals surface area contributed by atoms with Crippen molar-refractivity contribution in [2.24, 2.45) is 5.92 Å². The van der Waals surface area contributed by atoms with Crippen LogP contribution in [0.1, 0.15) is 13.3 Å². The summed E-state index contributed by atoms with van der Waals surface area (Å²) in [5, 5.41) is 13.2. The average molecular weight is 289 g/mol. The Hall–Kier alpha value is -1.82. The molecule has 1 rings (SSSR count). The number of amides is 2. The van der Waals surface area contributed by atoms with Crippen molar-refractivity contribution in [2.45, 2.75) is 13.3 Å². The number of urea groups is 1. The summed E-state index contributed by atoms with van der Waals surface area (Å²) < 4.78 is 13.5. The molecule has 0 spiro atoms. The zero-order valence-electron chi connectivity index (χ0n) is 10.2. The molecule has 0 aliphatic rings. The van der Waals surface area contributed by atoms with Gasteiger partial charge in [-0.15, -0.1) is 0 Å². The van der Waals surface area contributed by atoms with Gasteiger partial charge in [-0.3, -0.25) is 4.79 Å². The van der Waals surface area contributed by atoms with Crippen molar-refractivity contribution < 1.29 is 19.1 Å². The van der Waals surface area contributed by atoms with Gasteiger partial charge in [0.25, 0.3) is 0 Å². The molecule has 2 amide bonds. The number of rotatable bonds is 5. The van der Waals surface area contributed by atoms with E-state index >= 15 is 0 Å². The number of anilines is 1. The van der Waals surface area contributed by atoms with Gasteiger partial charge in [0.05, 0.1) is 10.7 Å².